The quantitative estimate of drug-likeness (QED) is 0.674. The average Bonchev–Trinajstić information content (AvgIpc) is 2.14. The van der Waals surface area contributed by atoms with Crippen molar-refractivity contribution < 1.29 is 12.8 Å². The zero-order chi connectivity index (χ0) is 11.2. The molecule has 0 amide bonds. The number of hydrogen-bond donors (Lipinski definition) is 0. The molecule has 0 aliphatic carbocycles. The number of para-hydroxylation sites is 1. The summed E-state index contributed by atoms with van der Waals surface area (Å²) in [7, 11) is -2.16. The van der Waals surface area contributed by atoms with E-state index in [0.717, 1.165) is 0 Å². The van der Waals surface area contributed by atoms with Gasteiger partial charge in [-0.15, -0.1) is 4.40 Å². The molecule has 4 nitrogen and oxygen atoms in total. The standard InChI is InChI=1S/C9H9FN2O2S/c1-6-11-15(13,14)8-5-3-4-7(10)9(8)12(6)2/h3-5H,1-2H3. The van der Waals surface area contributed by atoms with Crippen LogP contribution < -0.4 is 4.90 Å². The third kappa shape index (κ3) is 1.41. The minimum absolute atomic E-state index is 0.0602. The van der Waals surface area contributed by atoms with E-state index in [1.165, 1.54) is 30.0 Å². The highest BCUT2D eigenvalue weighted by atomic mass is 32.2. The predicted molar refractivity (Wildman–Crippen MR) is 55.1 cm³/mol. The van der Waals surface area contributed by atoms with Crippen molar-refractivity contribution in [3.05, 3.63) is 24.0 Å². The summed E-state index contributed by atoms with van der Waals surface area (Å²) in [6.45, 7) is 1.52. The van der Waals surface area contributed by atoms with Gasteiger partial charge in [0, 0.05) is 7.05 Å². The second kappa shape index (κ2) is 3.03. The van der Waals surface area contributed by atoms with Crippen LogP contribution in [-0.2, 0) is 10.0 Å². The minimum atomic E-state index is -3.74. The molecule has 1 heterocycles. The Morgan fingerprint density at radius 2 is 2.07 bits per heavy atom. The van der Waals surface area contributed by atoms with E-state index in [0.29, 0.717) is 0 Å². The van der Waals surface area contributed by atoms with Crippen LogP contribution >= 0.6 is 0 Å². The van der Waals surface area contributed by atoms with Crippen LogP contribution in [0.2, 0.25) is 0 Å². The molecule has 2 rings (SSSR count). The lowest BCUT2D eigenvalue weighted by Crippen LogP contribution is -2.30. The molecule has 0 spiro atoms. The van der Waals surface area contributed by atoms with Gasteiger partial charge < -0.3 is 4.90 Å². The summed E-state index contributed by atoms with van der Waals surface area (Å²) in [6, 6.07) is 3.93. The molecule has 0 unspecified atom stereocenters. The van der Waals surface area contributed by atoms with Gasteiger partial charge in [0.05, 0.1) is 5.69 Å². The van der Waals surface area contributed by atoms with Crippen molar-refractivity contribution in [1.82, 2.24) is 0 Å². The van der Waals surface area contributed by atoms with E-state index in [1.54, 1.807) is 7.05 Å². The Morgan fingerprint density at radius 1 is 1.40 bits per heavy atom. The van der Waals surface area contributed by atoms with Crippen LogP contribution in [0.5, 0.6) is 0 Å². The van der Waals surface area contributed by atoms with Crippen molar-refractivity contribution in [2.24, 2.45) is 4.40 Å². The first kappa shape index (κ1) is 10.1. The van der Waals surface area contributed by atoms with Crippen LogP contribution in [0.15, 0.2) is 27.5 Å². The summed E-state index contributed by atoms with van der Waals surface area (Å²) in [5.41, 5.74) is 0.0602. The summed E-state index contributed by atoms with van der Waals surface area (Å²) in [4.78, 5) is 1.33. The van der Waals surface area contributed by atoms with Gasteiger partial charge in [-0.25, -0.2) is 4.39 Å². The number of anilines is 1. The monoisotopic (exact) mass is 228 g/mol. The summed E-state index contributed by atoms with van der Waals surface area (Å²) in [5.74, 6) is -0.305. The Labute approximate surface area is 87.1 Å². The molecular weight excluding hydrogens is 219 g/mol. The maximum Gasteiger partial charge on any atom is 0.286 e. The van der Waals surface area contributed by atoms with Gasteiger partial charge in [-0.1, -0.05) is 6.07 Å². The summed E-state index contributed by atoms with van der Waals surface area (Å²) in [5, 5.41) is 0. The Morgan fingerprint density at radius 3 is 2.73 bits per heavy atom. The van der Waals surface area contributed by atoms with E-state index in [2.05, 4.69) is 4.40 Å². The van der Waals surface area contributed by atoms with E-state index >= 15 is 0 Å². The fourth-order valence-electron chi connectivity index (χ4n) is 1.48. The van der Waals surface area contributed by atoms with E-state index in [-0.39, 0.29) is 16.4 Å². The van der Waals surface area contributed by atoms with Crippen LogP contribution in [0.4, 0.5) is 10.1 Å². The number of sulfonamides is 1. The number of halogens is 1. The smallest absolute Gasteiger partial charge is 0.286 e. The molecule has 0 N–H and O–H groups in total. The van der Waals surface area contributed by atoms with Gasteiger partial charge in [-0.3, -0.25) is 0 Å². The average molecular weight is 228 g/mol. The lowest BCUT2D eigenvalue weighted by molar-refractivity contribution is 0.590. The second-order valence-corrected chi connectivity index (χ2v) is 4.83. The van der Waals surface area contributed by atoms with Crippen LogP contribution in [0, 0.1) is 5.82 Å². The third-order valence-electron chi connectivity index (χ3n) is 2.30. The lowest BCUT2D eigenvalue weighted by Gasteiger charge is -2.25. The maximum atomic E-state index is 13.5. The van der Waals surface area contributed by atoms with E-state index in [1.807, 2.05) is 0 Å². The molecule has 0 fully saturated rings. The topological polar surface area (TPSA) is 49.7 Å². The Balaban J connectivity index is 2.84. The molecule has 0 saturated carbocycles. The van der Waals surface area contributed by atoms with Crippen molar-refractivity contribution in [3.8, 4) is 0 Å². The van der Waals surface area contributed by atoms with Gasteiger partial charge in [-0.2, -0.15) is 8.42 Å². The van der Waals surface area contributed by atoms with Crippen molar-refractivity contribution in [2.45, 2.75) is 11.8 Å². The highest BCUT2D eigenvalue weighted by molar-refractivity contribution is 7.90. The van der Waals surface area contributed by atoms with Crippen LogP contribution in [0.3, 0.4) is 0 Å². The Hall–Kier alpha value is -1.43. The number of rotatable bonds is 0. The fourth-order valence-corrected chi connectivity index (χ4v) is 2.77. The SMILES string of the molecule is CC1=NS(=O)(=O)c2cccc(F)c2N1C. The largest absolute Gasteiger partial charge is 0.329 e. The second-order valence-electron chi connectivity index (χ2n) is 3.26. The van der Waals surface area contributed by atoms with Gasteiger partial charge in [0.2, 0.25) is 0 Å². The number of hydrogen-bond acceptors (Lipinski definition) is 3. The zero-order valence-electron chi connectivity index (χ0n) is 8.23. The van der Waals surface area contributed by atoms with Gasteiger partial charge in [-0.05, 0) is 19.1 Å². The first-order chi connectivity index (χ1) is 6.93. The first-order valence-electron chi connectivity index (χ1n) is 4.27. The van der Waals surface area contributed by atoms with Crippen molar-refractivity contribution in [1.29, 1.82) is 0 Å². The molecule has 1 aromatic rings. The molecule has 0 bridgehead atoms. The molecule has 0 atom stereocenters. The molecule has 0 radical (unpaired) electrons. The number of amidine groups is 1. The molecule has 1 aliphatic heterocycles. The number of fused-ring (bicyclic) bond motifs is 1. The Kier molecular flexibility index (Phi) is 2.04. The minimum Gasteiger partial charge on any atom is -0.329 e. The lowest BCUT2D eigenvalue weighted by atomic mass is 10.3. The van der Waals surface area contributed by atoms with Crippen molar-refractivity contribution >= 4 is 21.5 Å². The predicted octanol–water partition coefficient (Wildman–Crippen LogP) is 1.38. The molecule has 0 saturated heterocycles. The molecule has 1 aliphatic rings. The van der Waals surface area contributed by atoms with Crippen LogP contribution in [-0.4, -0.2) is 21.3 Å². The molecular formula is C9H9FN2O2S. The van der Waals surface area contributed by atoms with Crippen LogP contribution in [0.1, 0.15) is 6.92 Å². The third-order valence-corrected chi connectivity index (χ3v) is 3.69. The molecule has 6 heteroatoms. The molecule has 0 aromatic heterocycles. The number of nitrogens with zero attached hydrogens (tertiary/aromatic N) is 2. The zero-order valence-corrected chi connectivity index (χ0v) is 9.05. The van der Waals surface area contributed by atoms with Gasteiger partial charge in [0.25, 0.3) is 10.0 Å². The number of benzene rings is 1. The highest BCUT2D eigenvalue weighted by Crippen LogP contribution is 2.32. The normalized spacial score (nSPS) is 18.3. The Bertz CT molecular complexity index is 551. The van der Waals surface area contributed by atoms with Crippen molar-refractivity contribution in [2.75, 3.05) is 11.9 Å². The molecule has 80 valence electrons. The van der Waals surface area contributed by atoms with Gasteiger partial charge >= 0.3 is 0 Å². The summed E-state index contributed by atoms with van der Waals surface area (Å²) < 4.78 is 40.2. The first-order valence-corrected chi connectivity index (χ1v) is 5.71. The molecule has 1 aromatic carbocycles. The summed E-state index contributed by atoms with van der Waals surface area (Å²) in [6.07, 6.45) is 0. The highest BCUT2D eigenvalue weighted by Gasteiger charge is 2.29. The van der Waals surface area contributed by atoms with E-state index < -0.39 is 15.8 Å². The fraction of sp³-hybridized carbons (Fsp3) is 0.222. The molecule has 15 heavy (non-hydrogen) atoms. The van der Waals surface area contributed by atoms with Gasteiger partial charge in [0.15, 0.2) is 0 Å². The summed E-state index contributed by atoms with van der Waals surface area (Å²) >= 11 is 0. The van der Waals surface area contributed by atoms with Gasteiger partial charge in [0.1, 0.15) is 16.5 Å². The van der Waals surface area contributed by atoms with Crippen LogP contribution in [0.25, 0.3) is 0 Å². The van der Waals surface area contributed by atoms with Crippen molar-refractivity contribution in [3.63, 3.8) is 0 Å². The maximum absolute atomic E-state index is 13.5. The van der Waals surface area contributed by atoms with E-state index in [4.69, 9.17) is 0 Å². The van der Waals surface area contributed by atoms with E-state index in [9.17, 15) is 12.8 Å².